The van der Waals surface area contributed by atoms with Crippen molar-refractivity contribution in [3.8, 4) is 11.1 Å². The minimum atomic E-state index is 0.0848. The number of nitrogens with zero attached hydrogens (tertiary/aromatic N) is 3. The van der Waals surface area contributed by atoms with E-state index in [2.05, 4.69) is 43.0 Å². The van der Waals surface area contributed by atoms with Crippen molar-refractivity contribution in [3.63, 3.8) is 0 Å². The van der Waals surface area contributed by atoms with Crippen LogP contribution in [0.3, 0.4) is 0 Å². The van der Waals surface area contributed by atoms with Crippen LogP contribution in [0.4, 0.5) is 11.5 Å². The molecule has 0 spiro atoms. The number of hydrogen-bond acceptors (Lipinski definition) is 6. The zero-order valence-electron chi connectivity index (χ0n) is 18.3. The second-order valence-corrected chi connectivity index (χ2v) is 8.94. The van der Waals surface area contributed by atoms with Crippen LogP contribution in [0.25, 0.3) is 22.0 Å². The lowest BCUT2D eigenvalue weighted by molar-refractivity contribution is -0.120. The molecule has 0 unspecified atom stereocenters. The maximum absolute atomic E-state index is 12.6. The summed E-state index contributed by atoms with van der Waals surface area (Å²) in [5.74, 6) is 0.778. The normalized spacial score (nSPS) is 17.9. The first-order valence-corrected chi connectivity index (χ1v) is 11.7. The van der Waals surface area contributed by atoms with Crippen LogP contribution < -0.4 is 16.0 Å². The Kier molecular flexibility index (Phi) is 6.25. The molecular weight excluding hydrogens is 400 g/mol. The number of amides is 1. The molecule has 1 aliphatic heterocycles. The fourth-order valence-corrected chi connectivity index (χ4v) is 4.73. The lowest BCUT2D eigenvalue weighted by Crippen LogP contribution is -2.35. The SMILES string of the molecule is O=C(Nc1cc2cc(-c3cncc(NC4CCNCC4)c3)cnc2cn1)C1CCCCC1. The van der Waals surface area contributed by atoms with E-state index in [-0.39, 0.29) is 11.8 Å². The summed E-state index contributed by atoms with van der Waals surface area (Å²) in [6.07, 6.45) is 15.0. The smallest absolute Gasteiger partial charge is 0.228 e. The molecule has 5 rings (SSSR count). The molecule has 1 saturated heterocycles. The summed E-state index contributed by atoms with van der Waals surface area (Å²) < 4.78 is 0. The van der Waals surface area contributed by atoms with Crippen molar-refractivity contribution in [1.29, 1.82) is 0 Å². The van der Waals surface area contributed by atoms with Crippen LogP contribution in [0.15, 0.2) is 43.0 Å². The molecule has 2 aliphatic rings. The lowest BCUT2D eigenvalue weighted by Gasteiger charge is -2.24. The molecule has 1 amide bonds. The molecule has 3 aromatic rings. The number of carbonyl (C=O) groups is 1. The molecule has 0 bridgehead atoms. The first kappa shape index (κ1) is 20.8. The maximum Gasteiger partial charge on any atom is 0.228 e. The zero-order valence-corrected chi connectivity index (χ0v) is 18.3. The van der Waals surface area contributed by atoms with Crippen molar-refractivity contribution in [1.82, 2.24) is 20.3 Å². The largest absolute Gasteiger partial charge is 0.381 e. The summed E-state index contributed by atoms with van der Waals surface area (Å²) in [4.78, 5) is 26.0. The van der Waals surface area contributed by atoms with Gasteiger partial charge in [-0.3, -0.25) is 14.8 Å². The van der Waals surface area contributed by atoms with E-state index in [4.69, 9.17) is 0 Å². The van der Waals surface area contributed by atoms with Crippen molar-refractivity contribution in [2.24, 2.45) is 5.92 Å². The van der Waals surface area contributed by atoms with Gasteiger partial charge in [0.05, 0.1) is 17.4 Å². The first-order chi connectivity index (χ1) is 15.7. The quantitative estimate of drug-likeness (QED) is 0.557. The summed E-state index contributed by atoms with van der Waals surface area (Å²) in [5, 5.41) is 11.0. The molecule has 32 heavy (non-hydrogen) atoms. The predicted molar refractivity (Wildman–Crippen MR) is 127 cm³/mol. The van der Waals surface area contributed by atoms with E-state index < -0.39 is 0 Å². The average molecular weight is 431 g/mol. The van der Waals surface area contributed by atoms with Gasteiger partial charge >= 0.3 is 0 Å². The fourth-order valence-electron chi connectivity index (χ4n) is 4.73. The van der Waals surface area contributed by atoms with Gasteiger partial charge < -0.3 is 16.0 Å². The Morgan fingerprint density at radius 2 is 1.69 bits per heavy atom. The highest BCUT2D eigenvalue weighted by Gasteiger charge is 2.21. The van der Waals surface area contributed by atoms with E-state index in [0.29, 0.717) is 11.9 Å². The molecule has 7 nitrogen and oxygen atoms in total. The van der Waals surface area contributed by atoms with Crippen molar-refractivity contribution in [2.75, 3.05) is 23.7 Å². The number of hydrogen-bond donors (Lipinski definition) is 3. The molecule has 0 radical (unpaired) electrons. The number of carbonyl (C=O) groups excluding carboxylic acids is 1. The van der Waals surface area contributed by atoms with Gasteiger partial charge in [-0.05, 0) is 57.0 Å². The molecule has 2 fully saturated rings. The van der Waals surface area contributed by atoms with Crippen molar-refractivity contribution >= 4 is 28.3 Å². The van der Waals surface area contributed by atoms with Crippen LogP contribution in [-0.4, -0.2) is 40.0 Å². The van der Waals surface area contributed by atoms with E-state index in [1.165, 1.54) is 6.42 Å². The minimum absolute atomic E-state index is 0.0848. The van der Waals surface area contributed by atoms with E-state index in [1.54, 1.807) is 6.20 Å². The van der Waals surface area contributed by atoms with Crippen molar-refractivity contribution < 1.29 is 4.79 Å². The van der Waals surface area contributed by atoms with E-state index in [0.717, 1.165) is 79.3 Å². The van der Waals surface area contributed by atoms with E-state index >= 15 is 0 Å². The summed E-state index contributed by atoms with van der Waals surface area (Å²) in [6.45, 7) is 2.10. The number of anilines is 2. The third-order valence-electron chi connectivity index (χ3n) is 6.58. The monoisotopic (exact) mass is 430 g/mol. The molecule has 166 valence electrons. The van der Waals surface area contributed by atoms with E-state index in [9.17, 15) is 4.79 Å². The van der Waals surface area contributed by atoms with Crippen LogP contribution in [-0.2, 0) is 4.79 Å². The molecule has 1 saturated carbocycles. The molecule has 0 aromatic carbocycles. The Hall–Kier alpha value is -3.06. The standard InChI is InChI=1S/C25H30N6O/c32-25(17-4-2-1-3-5-17)31-24-12-18-10-19(14-28-23(18)16-29-24)20-11-22(15-27-13-20)30-21-6-8-26-9-7-21/h10-17,21,26,30H,1-9H2,(H,29,31,32). The molecule has 3 aromatic heterocycles. The second-order valence-electron chi connectivity index (χ2n) is 8.94. The predicted octanol–water partition coefficient (Wildman–Crippen LogP) is 4.37. The van der Waals surface area contributed by atoms with Crippen LogP contribution in [0.1, 0.15) is 44.9 Å². The van der Waals surface area contributed by atoms with Gasteiger partial charge in [0.25, 0.3) is 0 Å². The zero-order chi connectivity index (χ0) is 21.8. The maximum atomic E-state index is 12.6. The number of pyridine rings is 3. The van der Waals surface area contributed by atoms with Crippen LogP contribution in [0, 0.1) is 5.92 Å². The number of rotatable bonds is 5. The number of aromatic nitrogens is 3. The Morgan fingerprint density at radius 1 is 0.875 bits per heavy atom. The van der Waals surface area contributed by atoms with Gasteiger partial charge in [0.2, 0.25) is 5.91 Å². The van der Waals surface area contributed by atoms with Crippen LogP contribution >= 0.6 is 0 Å². The van der Waals surface area contributed by atoms with Gasteiger partial charge in [-0.25, -0.2) is 4.98 Å². The highest BCUT2D eigenvalue weighted by Crippen LogP contribution is 2.27. The van der Waals surface area contributed by atoms with Crippen molar-refractivity contribution in [2.45, 2.75) is 51.0 Å². The van der Waals surface area contributed by atoms with Crippen LogP contribution in [0.5, 0.6) is 0 Å². The third kappa shape index (κ3) is 4.88. The Morgan fingerprint density at radius 3 is 2.53 bits per heavy atom. The highest BCUT2D eigenvalue weighted by atomic mass is 16.1. The summed E-state index contributed by atoms with van der Waals surface area (Å²) in [7, 11) is 0. The van der Waals surface area contributed by atoms with Gasteiger partial charge in [-0.15, -0.1) is 0 Å². The molecule has 7 heteroatoms. The number of fused-ring (bicyclic) bond motifs is 1. The molecular formula is C25H30N6O. The summed E-state index contributed by atoms with van der Waals surface area (Å²) in [6, 6.07) is 6.61. The summed E-state index contributed by atoms with van der Waals surface area (Å²) >= 11 is 0. The molecule has 3 N–H and O–H groups in total. The summed E-state index contributed by atoms with van der Waals surface area (Å²) in [5.41, 5.74) is 3.85. The minimum Gasteiger partial charge on any atom is -0.381 e. The number of nitrogens with one attached hydrogen (secondary N) is 3. The first-order valence-electron chi connectivity index (χ1n) is 11.7. The van der Waals surface area contributed by atoms with E-state index in [1.807, 2.05) is 24.7 Å². The third-order valence-corrected chi connectivity index (χ3v) is 6.58. The van der Waals surface area contributed by atoms with Gasteiger partial charge in [-0.1, -0.05) is 19.3 Å². The highest BCUT2D eigenvalue weighted by molar-refractivity contribution is 5.94. The molecule has 0 atom stereocenters. The lowest BCUT2D eigenvalue weighted by atomic mass is 9.89. The van der Waals surface area contributed by atoms with Gasteiger partial charge in [0.1, 0.15) is 5.82 Å². The molecule has 1 aliphatic carbocycles. The number of piperidine rings is 1. The van der Waals surface area contributed by atoms with Gasteiger partial charge in [0.15, 0.2) is 0 Å². The average Bonchev–Trinajstić information content (AvgIpc) is 2.85. The Labute approximate surface area is 188 Å². The van der Waals surface area contributed by atoms with Gasteiger partial charge in [-0.2, -0.15) is 0 Å². The molecule has 4 heterocycles. The Bertz CT molecular complexity index is 1090. The van der Waals surface area contributed by atoms with Crippen molar-refractivity contribution in [3.05, 3.63) is 43.0 Å². The fraction of sp³-hybridized carbons (Fsp3) is 0.440. The Balaban J connectivity index is 1.34. The van der Waals surface area contributed by atoms with Crippen LogP contribution in [0.2, 0.25) is 0 Å². The second kappa shape index (κ2) is 9.61. The topological polar surface area (TPSA) is 91.8 Å². The van der Waals surface area contributed by atoms with Gasteiger partial charge in [0, 0.05) is 47.1 Å².